The number of amides is 2. The minimum atomic E-state index is -0.267. The average molecular weight is 446 g/mol. The SMILES string of the molecule is COc1ccccc1NC(=O)N(Cc1ccccc1)CC1CC(c2ccccc2OC)=NO1. The third-order valence-electron chi connectivity index (χ3n) is 5.43. The van der Waals surface area contributed by atoms with E-state index in [4.69, 9.17) is 14.3 Å². The fourth-order valence-corrected chi connectivity index (χ4v) is 3.78. The third kappa shape index (κ3) is 5.44. The molecule has 3 aromatic rings. The molecule has 1 atom stereocenters. The maximum atomic E-state index is 13.3. The Morgan fingerprint density at radius 1 is 0.970 bits per heavy atom. The van der Waals surface area contributed by atoms with Crippen molar-refractivity contribution in [2.45, 2.75) is 19.1 Å². The van der Waals surface area contributed by atoms with Crippen molar-refractivity contribution in [1.82, 2.24) is 4.90 Å². The highest BCUT2D eigenvalue weighted by Crippen LogP contribution is 2.26. The van der Waals surface area contributed by atoms with Gasteiger partial charge in [0, 0.05) is 18.5 Å². The van der Waals surface area contributed by atoms with E-state index in [1.54, 1.807) is 19.1 Å². The molecule has 0 bridgehead atoms. The highest BCUT2D eigenvalue weighted by molar-refractivity contribution is 6.03. The van der Waals surface area contributed by atoms with E-state index in [0.717, 1.165) is 22.6 Å². The second-order valence-electron chi connectivity index (χ2n) is 7.67. The van der Waals surface area contributed by atoms with Crippen molar-refractivity contribution in [3.05, 3.63) is 90.0 Å². The Kier molecular flexibility index (Phi) is 7.09. The van der Waals surface area contributed by atoms with Gasteiger partial charge in [-0.05, 0) is 29.8 Å². The summed E-state index contributed by atoms with van der Waals surface area (Å²) in [4.78, 5) is 20.7. The molecule has 0 radical (unpaired) electrons. The summed E-state index contributed by atoms with van der Waals surface area (Å²) in [6.45, 7) is 0.809. The molecule has 7 nitrogen and oxygen atoms in total. The van der Waals surface area contributed by atoms with Gasteiger partial charge in [0.2, 0.25) is 0 Å². The molecule has 0 aliphatic carbocycles. The Bertz CT molecular complexity index is 1120. The van der Waals surface area contributed by atoms with Gasteiger partial charge in [0.1, 0.15) is 11.5 Å². The van der Waals surface area contributed by atoms with E-state index >= 15 is 0 Å². The van der Waals surface area contributed by atoms with Gasteiger partial charge in [-0.25, -0.2) is 4.79 Å². The minimum Gasteiger partial charge on any atom is -0.496 e. The Hall–Kier alpha value is -4.00. The molecule has 170 valence electrons. The van der Waals surface area contributed by atoms with Crippen molar-refractivity contribution in [1.29, 1.82) is 0 Å². The molecular weight excluding hydrogens is 418 g/mol. The van der Waals surface area contributed by atoms with Crippen molar-refractivity contribution >= 4 is 17.4 Å². The van der Waals surface area contributed by atoms with E-state index in [9.17, 15) is 4.79 Å². The number of oxime groups is 1. The van der Waals surface area contributed by atoms with E-state index in [-0.39, 0.29) is 12.1 Å². The van der Waals surface area contributed by atoms with E-state index in [1.165, 1.54) is 0 Å². The molecule has 1 N–H and O–H groups in total. The predicted molar refractivity (Wildman–Crippen MR) is 128 cm³/mol. The smallest absolute Gasteiger partial charge is 0.322 e. The largest absolute Gasteiger partial charge is 0.496 e. The lowest BCUT2D eigenvalue weighted by atomic mass is 10.0. The fourth-order valence-electron chi connectivity index (χ4n) is 3.78. The molecule has 1 aliphatic rings. The number of urea groups is 1. The van der Waals surface area contributed by atoms with E-state index < -0.39 is 0 Å². The summed E-state index contributed by atoms with van der Waals surface area (Å²) < 4.78 is 10.8. The van der Waals surface area contributed by atoms with Crippen LogP contribution in [0.1, 0.15) is 17.5 Å². The summed E-state index contributed by atoms with van der Waals surface area (Å²) in [7, 11) is 3.21. The zero-order valence-corrected chi connectivity index (χ0v) is 18.7. The first-order valence-corrected chi connectivity index (χ1v) is 10.8. The van der Waals surface area contributed by atoms with Crippen LogP contribution in [0.2, 0.25) is 0 Å². The molecule has 2 amide bonds. The molecule has 4 rings (SSSR count). The topological polar surface area (TPSA) is 72.4 Å². The first-order valence-electron chi connectivity index (χ1n) is 10.8. The van der Waals surface area contributed by atoms with Crippen LogP contribution in [0.3, 0.4) is 0 Å². The van der Waals surface area contributed by atoms with Crippen LogP contribution in [0.4, 0.5) is 10.5 Å². The molecule has 7 heteroatoms. The van der Waals surface area contributed by atoms with Crippen LogP contribution in [-0.2, 0) is 11.4 Å². The number of para-hydroxylation sites is 3. The zero-order valence-electron chi connectivity index (χ0n) is 18.7. The Balaban J connectivity index is 1.49. The number of carbonyl (C=O) groups excluding carboxylic acids is 1. The molecule has 0 saturated carbocycles. The maximum absolute atomic E-state index is 13.3. The third-order valence-corrected chi connectivity index (χ3v) is 5.43. The Morgan fingerprint density at radius 3 is 2.39 bits per heavy atom. The van der Waals surface area contributed by atoms with Crippen LogP contribution in [0.15, 0.2) is 84.0 Å². The lowest BCUT2D eigenvalue weighted by Crippen LogP contribution is -2.40. The Morgan fingerprint density at radius 2 is 1.64 bits per heavy atom. The van der Waals surface area contributed by atoms with Gasteiger partial charge in [-0.3, -0.25) is 0 Å². The number of carbonyl (C=O) groups is 1. The molecule has 0 aromatic heterocycles. The highest BCUT2D eigenvalue weighted by atomic mass is 16.6. The number of benzene rings is 3. The number of hydrogen-bond donors (Lipinski definition) is 1. The molecule has 1 unspecified atom stereocenters. The number of anilines is 1. The monoisotopic (exact) mass is 445 g/mol. The number of nitrogens with zero attached hydrogens (tertiary/aromatic N) is 2. The molecular formula is C26H27N3O4. The van der Waals surface area contributed by atoms with Crippen LogP contribution in [-0.4, -0.2) is 43.5 Å². The molecule has 1 heterocycles. The van der Waals surface area contributed by atoms with Crippen LogP contribution < -0.4 is 14.8 Å². The van der Waals surface area contributed by atoms with Crippen molar-refractivity contribution in [3.8, 4) is 11.5 Å². The number of nitrogens with one attached hydrogen (secondary N) is 1. The normalized spacial score (nSPS) is 14.7. The van der Waals surface area contributed by atoms with Crippen molar-refractivity contribution in [3.63, 3.8) is 0 Å². The van der Waals surface area contributed by atoms with Gasteiger partial charge in [-0.2, -0.15) is 0 Å². The van der Waals surface area contributed by atoms with E-state index in [1.807, 2.05) is 78.9 Å². The first kappa shape index (κ1) is 22.2. The highest BCUT2D eigenvalue weighted by Gasteiger charge is 2.28. The lowest BCUT2D eigenvalue weighted by Gasteiger charge is -2.25. The van der Waals surface area contributed by atoms with Gasteiger partial charge in [0.25, 0.3) is 0 Å². The van der Waals surface area contributed by atoms with Crippen LogP contribution >= 0.6 is 0 Å². The van der Waals surface area contributed by atoms with Gasteiger partial charge >= 0.3 is 6.03 Å². The second kappa shape index (κ2) is 10.5. The molecule has 1 aliphatic heterocycles. The number of hydrogen-bond acceptors (Lipinski definition) is 5. The molecule has 0 spiro atoms. The van der Waals surface area contributed by atoms with E-state index in [2.05, 4.69) is 10.5 Å². The van der Waals surface area contributed by atoms with Crippen LogP contribution in [0.5, 0.6) is 11.5 Å². The number of methoxy groups -OCH3 is 2. The van der Waals surface area contributed by atoms with Gasteiger partial charge in [0.15, 0.2) is 6.10 Å². The maximum Gasteiger partial charge on any atom is 0.322 e. The van der Waals surface area contributed by atoms with Gasteiger partial charge < -0.3 is 24.5 Å². The minimum absolute atomic E-state index is 0.238. The van der Waals surface area contributed by atoms with Crippen LogP contribution in [0.25, 0.3) is 0 Å². The first-order chi connectivity index (χ1) is 16.2. The fraction of sp³-hybridized carbons (Fsp3) is 0.231. The average Bonchev–Trinajstić information content (AvgIpc) is 3.33. The number of ether oxygens (including phenoxy) is 2. The summed E-state index contributed by atoms with van der Waals surface area (Å²) in [5.41, 5.74) is 3.34. The summed E-state index contributed by atoms with van der Waals surface area (Å²) in [5.74, 6) is 1.35. The summed E-state index contributed by atoms with van der Waals surface area (Å²) >= 11 is 0. The standard InChI is InChI=1S/C26H27N3O4/c1-31-24-14-8-6-12-21(24)23-16-20(33-28-23)18-29(17-19-10-4-3-5-11-19)26(30)27-22-13-7-9-15-25(22)32-2/h3-15,20H,16-18H2,1-2H3,(H,27,30). The van der Waals surface area contributed by atoms with E-state index in [0.29, 0.717) is 30.9 Å². The molecule has 0 fully saturated rings. The molecule has 33 heavy (non-hydrogen) atoms. The van der Waals surface area contributed by atoms with Crippen molar-refractivity contribution < 1.29 is 19.1 Å². The molecule has 3 aromatic carbocycles. The van der Waals surface area contributed by atoms with Crippen LogP contribution in [0, 0.1) is 0 Å². The molecule has 0 saturated heterocycles. The lowest BCUT2D eigenvalue weighted by molar-refractivity contribution is 0.0608. The Labute approximate surface area is 193 Å². The van der Waals surface area contributed by atoms with Crippen molar-refractivity contribution in [2.24, 2.45) is 5.16 Å². The van der Waals surface area contributed by atoms with Crippen molar-refractivity contribution in [2.75, 3.05) is 26.1 Å². The second-order valence-corrected chi connectivity index (χ2v) is 7.67. The number of rotatable bonds is 8. The zero-order chi connectivity index (χ0) is 23.0. The van der Waals surface area contributed by atoms with Gasteiger partial charge in [-0.15, -0.1) is 0 Å². The van der Waals surface area contributed by atoms with Gasteiger partial charge in [0.05, 0.1) is 32.2 Å². The quantitative estimate of drug-likeness (QED) is 0.534. The summed E-state index contributed by atoms with van der Waals surface area (Å²) in [6, 6.07) is 24.7. The summed E-state index contributed by atoms with van der Waals surface area (Å²) in [6.07, 6.45) is 0.310. The summed E-state index contributed by atoms with van der Waals surface area (Å²) in [5, 5.41) is 7.25. The van der Waals surface area contributed by atoms with Gasteiger partial charge in [-0.1, -0.05) is 59.8 Å². The predicted octanol–water partition coefficient (Wildman–Crippen LogP) is 4.93.